The molecule has 0 aromatic carbocycles. The summed E-state index contributed by atoms with van der Waals surface area (Å²) in [5, 5.41) is 37.5. The number of aromatic nitrogens is 2. The van der Waals surface area contributed by atoms with Crippen molar-refractivity contribution in [1.82, 2.24) is 10.2 Å². The van der Waals surface area contributed by atoms with E-state index in [1.54, 1.807) is 0 Å². The zero-order valence-electron chi connectivity index (χ0n) is 10.7. The number of hydrogen-bond donors (Lipinski definition) is 4. The van der Waals surface area contributed by atoms with Crippen LogP contribution in [0.25, 0.3) is 0 Å². The fourth-order valence-electron chi connectivity index (χ4n) is 1.92. The van der Waals surface area contributed by atoms with Crippen molar-refractivity contribution in [3.05, 3.63) is 17.8 Å². The highest BCUT2D eigenvalue weighted by atomic mass is 19.4. The monoisotopic (exact) mass is 309 g/mol. The summed E-state index contributed by atoms with van der Waals surface area (Å²) in [6, 6.07) is 1.03. The molecule has 21 heavy (non-hydrogen) atoms. The third-order valence-corrected chi connectivity index (χ3v) is 3.10. The first-order chi connectivity index (χ1) is 9.82. The van der Waals surface area contributed by atoms with Gasteiger partial charge in [-0.05, 0) is 12.1 Å². The van der Waals surface area contributed by atoms with Crippen LogP contribution in [0.1, 0.15) is 5.69 Å². The largest absolute Gasteiger partial charge is 0.435 e. The average Bonchev–Trinajstić information content (AvgIpc) is 2.44. The molecule has 2 rings (SSSR count). The molecule has 0 saturated carbocycles. The van der Waals surface area contributed by atoms with Gasteiger partial charge in [-0.15, -0.1) is 10.2 Å². The van der Waals surface area contributed by atoms with E-state index in [0.717, 1.165) is 12.1 Å². The fraction of sp³-hybridized carbons (Fsp3) is 0.636. The molecule has 2 heterocycles. The van der Waals surface area contributed by atoms with Crippen LogP contribution in [0.15, 0.2) is 12.1 Å². The van der Waals surface area contributed by atoms with Crippen LogP contribution in [0.5, 0.6) is 0 Å². The summed E-state index contributed by atoms with van der Waals surface area (Å²) in [6.45, 7) is -0.503. The number of anilines is 1. The lowest BCUT2D eigenvalue weighted by atomic mass is 9.98. The molecule has 1 aliphatic rings. The second kappa shape index (κ2) is 6.10. The molecule has 0 unspecified atom stereocenters. The van der Waals surface area contributed by atoms with Gasteiger partial charge in [0.25, 0.3) is 0 Å². The minimum Gasteiger partial charge on any atom is -0.394 e. The van der Waals surface area contributed by atoms with Crippen molar-refractivity contribution >= 4 is 5.82 Å². The second-order valence-corrected chi connectivity index (χ2v) is 4.59. The Hall–Kier alpha value is -1.49. The molecule has 7 nitrogen and oxygen atoms in total. The average molecular weight is 309 g/mol. The SMILES string of the molecule is OC[C@H]1OC[C@H](Nc2ccc(C(F)(F)F)nn2)[C@@H](O)[C@H]1O. The van der Waals surface area contributed by atoms with Crippen LogP contribution < -0.4 is 5.32 Å². The van der Waals surface area contributed by atoms with E-state index in [-0.39, 0.29) is 12.4 Å². The van der Waals surface area contributed by atoms with Crippen molar-refractivity contribution < 1.29 is 33.2 Å². The molecule has 0 radical (unpaired) electrons. The molecule has 1 aromatic rings. The summed E-state index contributed by atoms with van der Waals surface area (Å²) in [7, 11) is 0. The summed E-state index contributed by atoms with van der Waals surface area (Å²) >= 11 is 0. The van der Waals surface area contributed by atoms with Crippen LogP contribution in [0, 0.1) is 0 Å². The molecular formula is C11H14F3N3O4. The van der Waals surface area contributed by atoms with Crippen LogP contribution >= 0.6 is 0 Å². The molecule has 4 N–H and O–H groups in total. The first-order valence-corrected chi connectivity index (χ1v) is 6.09. The summed E-state index contributed by atoms with van der Waals surface area (Å²) in [5.41, 5.74) is -1.13. The number of aliphatic hydroxyl groups excluding tert-OH is 3. The number of hydrogen-bond acceptors (Lipinski definition) is 7. The Labute approximate surface area is 117 Å². The van der Waals surface area contributed by atoms with Gasteiger partial charge in [-0.3, -0.25) is 0 Å². The molecule has 0 aliphatic carbocycles. The predicted octanol–water partition coefficient (Wildman–Crippen LogP) is -0.611. The Morgan fingerprint density at radius 1 is 1.24 bits per heavy atom. The summed E-state index contributed by atoms with van der Waals surface area (Å²) in [4.78, 5) is 0. The van der Waals surface area contributed by atoms with E-state index in [1.807, 2.05) is 0 Å². The van der Waals surface area contributed by atoms with Crippen LogP contribution in [-0.2, 0) is 10.9 Å². The van der Waals surface area contributed by atoms with E-state index in [0.29, 0.717) is 0 Å². The van der Waals surface area contributed by atoms with E-state index in [4.69, 9.17) is 9.84 Å². The Balaban J connectivity index is 2.02. The number of nitrogens with zero attached hydrogens (tertiary/aromatic N) is 2. The molecule has 10 heteroatoms. The van der Waals surface area contributed by atoms with Crippen LogP contribution in [0.2, 0.25) is 0 Å². The van der Waals surface area contributed by atoms with Crippen molar-refractivity contribution in [2.75, 3.05) is 18.5 Å². The second-order valence-electron chi connectivity index (χ2n) is 4.59. The lowest BCUT2D eigenvalue weighted by Crippen LogP contribution is -2.56. The van der Waals surface area contributed by atoms with Gasteiger partial charge in [0.15, 0.2) is 5.69 Å². The number of alkyl halides is 3. The van der Waals surface area contributed by atoms with Gasteiger partial charge >= 0.3 is 6.18 Å². The van der Waals surface area contributed by atoms with Crippen LogP contribution in [0.3, 0.4) is 0 Å². The molecule has 0 amide bonds. The number of ether oxygens (including phenoxy) is 1. The van der Waals surface area contributed by atoms with Gasteiger partial charge in [0.2, 0.25) is 0 Å². The van der Waals surface area contributed by atoms with Crippen LogP contribution in [0.4, 0.5) is 19.0 Å². The molecule has 1 fully saturated rings. The van der Waals surface area contributed by atoms with E-state index in [2.05, 4.69) is 15.5 Å². The Morgan fingerprint density at radius 3 is 2.48 bits per heavy atom. The van der Waals surface area contributed by atoms with E-state index >= 15 is 0 Å². The van der Waals surface area contributed by atoms with E-state index < -0.39 is 42.8 Å². The van der Waals surface area contributed by atoms with Gasteiger partial charge in [-0.1, -0.05) is 0 Å². The molecule has 1 saturated heterocycles. The molecule has 4 atom stereocenters. The van der Waals surface area contributed by atoms with Gasteiger partial charge in [0.05, 0.1) is 19.3 Å². The summed E-state index contributed by atoms with van der Waals surface area (Å²) in [6.07, 6.45) is -8.07. The number of rotatable bonds is 3. The molecule has 0 bridgehead atoms. The van der Waals surface area contributed by atoms with E-state index in [9.17, 15) is 23.4 Å². The lowest BCUT2D eigenvalue weighted by Gasteiger charge is -2.37. The van der Waals surface area contributed by atoms with Gasteiger partial charge in [0, 0.05) is 0 Å². The van der Waals surface area contributed by atoms with Gasteiger partial charge in [-0.2, -0.15) is 13.2 Å². The van der Waals surface area contributed by atoms with Crippen molar-refractivity contribution in [1.29, 1.82) is 0 Å². The zero-order chi connectivity index (χ0) is 15.6. The van der Waals surface area contributed by atoms with E-state index in [1.165, 1.54) is 0 Å². The van der Waals surface area contributed by atoms with Crippen LogP contribution in [-0.4, -0.2) is 63.1 Å². The summed E-state index contributed by atoms with van der Waals surface area (Å²) in [5.74, 6) is 0.00491. The van der Waals surface area contributed by atoms with Crippen molar-refractivity contribution in [3.63, 3.8) is 0 Å². The maximum atomic E-state index is 12.3. The third kappa shape index (κ3) is 3.59. The normalized spacial score (nSPS) is 30.2. The quantitative estimate of drug-likeness (QED) is 0.590. The molecule has 1 aliphatic heterocycles. The number of halogens is 3. The highest BCUT2D eigenvalue weighted by molar-refractivity contribution is 5.35. The maximum Gasteiger partial charge on any atom is 0.435 e. The number of aliphatic hydroxyl groups is 3. The Morgan fingerprint density at radius 2 is 1.95 bits per heavy atom. The minimum atomic E-state index is -4.58. The topological polar surface area (TPSA) is 108 Å². The highest BCUT2D eigenvalue weighted by Gasteiger charge is 2.38. The molecular weight excluding hydrogens is 295 g/mol. The third-order valence-electron chi connectivity index (χ3n) is 3.10. The zero-order valence-corrected chi connectivity index (χ0v) is 10.7. The summed E-state index contributed by atoms with van der Waals surface area (Å²) < 4.78 is 42.1. The fourth-order valence-corrected chi connectivity index (χ4v) is 1.92. The predicted molar refractivity (Wildman–Crippen MR) is 63.3 cm³/mol. The standard InChI is InChI=1S/C11H14F3N3O4/c12-11(13,14)7-1-2-8(17-16-7)15-5-4-21-6(3-18)10(20)9(5)19/h1-2,5-6,9-10,18-20H,3-4H2,(H,15,17)/t5-,6+,9+,10-/m0/s1. The van der Waals surface area contributed by atoms with Crippen molar-refractivity contribution in [2.24, 2.45) is 0 Å². The molecule has 1 aromatic heterocycles. The highest BCUT2D eigenvalue weighted by Crippen LogP contribution is 2.27. The first kappa shape index (κ1) is 15.9. The Kier molecular flexibility index (Phi) is 4.61. The Bertz CT molecular complexity index is 471. The smallest absolute Gasteiger partial charge is 0.394 e. The van der Waals surface area contributed by atoms with Crippen molar-refractivity contribution in [2.45, 2.75) is 30.5 Å². The maximum absolute atomic E-state index is 12.3. The molecule has 0 spiro atoms. The van der Waals surface area contributed by atoms with Gasteiger partial charge in [0.1, 0.15) is 24.1 Å². The molecule has 118 valence electrons. The van der Waals surface area contributed by atoms with Gasteiger partial charge < -0.3 is 25.4 Å². The lowest BCUT2D eigenvalue weighted by molar-refractivity contribution is -0.152. The number of nitrogens with one attached hydrogen (secondary N) is 1. The first-order valence-electron chi connectivity index (χ1n) is 6.09. The minimum absolute atomic E-state index is 0.00491. The van der Waals surface area contributed by atoms with Crippen molar-refractivity contribution in [3.8, 4) is 0 Å². The van der Waals surface area contributed by atoms with Gasteiger partial charge in [-0.25, -0.2) is 0 Å².